The summed E-state index contributed by atoms with van der Waals surface area (Å²) in [4.78, 5) is 13.5. The summed E-state index contributed by atoms with van der Waals surface area (Å²) in [5.41, 5.74) is 0.329. The quantitative estimate of drug-likeness (QED) is 0.0246. The van der Waals surface area contributed by atoms with E-state index in [0.29, 0.717) is 6.54 Å². The van der Waals surface area contributed by atoms with Crippen LogP contribution in [0.15, 0.2) is 60.7 Å². The molecule has 0 fully saturated rings. The Bertz CT molecular complexity index is 3980. The number of ether oxygens (including phenoxy) is 7. The predicted molar refractivity (Wildman–Crippen MR) is 309 cm³/mol. The molecule has 712 valence electrons. The number of hydrogen-bond acceptors (Lipinski definition) is 8. The number of aromatic nitrogens is 1. The van der Waals surface area contributed by atoms with E-state index < -0.39 is 269 Å². The van der Waals surface area contributed by atoms with Gasteiger partial charge in [0.25, 0.3) is 0 Å². The van der Waals surface area contributed by atoms with Crippen LogP contribution in [0.3, 0.4) is 0 Å². The summed E-state index contributed by atoms with van der Waals surface area (Å²) in [6, 6.07) is 14.6. The highest BCUT2D eigenvalue weighted by Gasteiger charge is 2.99. The molecule has 0 atom stereocenters. The molecule has 4 rings (SSSR count). The molecule has 60 heteroatoms. The summed E-state index contributed by atoms with van der Waals surface area (Å²) in [7, 11) is 0. The minimum Gasteiger partial charge on any atom is -0.490 e. The lowest BCUT2D eigenvalue weighted by Crippen LogP contribution is -2.74. The molecule has 0 saturated heterocycles. The van der Waals surface area contributed by atoms with Crippen LogP contribution in [0, 0.1) is 0 Å². The molecule has 0 N–H and O–H groups in total. The van der Waals surface area contributed by atoms with Crippen LogP contribution in [0.25, 0.3) is 21.8 Å². The summed E-state index contributed by atoms with van der Waals surface area (Å²) >= 11 is 0. The van der Waals surface area contributed by atoms with E-state index in [1.54, 1.807) is 24.3 Å². The molecule has 0 aliphatic rings. The molecule has 0 bridgehead atoms. The van der Waals surface area contributed by atoms with Crippen molar-refractivity contribution < 1.29 is 262 Å². The van der Waals surface area contributed by atoms with E-state index in [1.807, 2.05) is 28.8 Å². The standard InChI is InChI=1S/C63H50F51NO8/c64-40(65,43(70,71)46(76,77)49(82,83)52(88,89)55(94,95)58(100,101)61(106,107)108)15-5-8-19-120-36-29-31(39(116)123-28-27-119-26-25-118-24-23-117-22-18-115-34-13-3-1-11-32(34)33-12-2-4-14-35(33)115)30-37(121-20-9-6-16-41(66,67)44(72,73)47(78,79)50(84,85)53(90,91)56(96,97)59(102,103)62(109,110)111)38(36)122-21-10-7-17-42(68,69)45(74,75)48(80,81)51(86,87)54(92,93)57(98,99)60(104,105)63(112,113)114/h1-4,11-14,29-30H,5-10,15-28H2. The molecule has 0 amide bonds. The van der Waals surface area contributed by atoms with Gasteiger partial charge in [-0.05, 0) is 62.8 Å². The number of fused-ring (bicyclic) bond motifs is 3. The molecule has 0 unspecified atom stereocenters. The molecule has 0 spiro atoms. The number of alkyl halides is 51. The lowest BCUT2D eigenvalue weighted by Gasteiger charge is -2.42. The van der Waals surface area contributed by atoms with Gasteiger partial charge in [0.15, 0.2) is 11.5 Å². The summed E-state index contributed by atoms with van der Waals surface area (Å²) in [6.45, 7) is -7.97. The van der Waals surface area contributed by atoms with Gasteiger partial charge in [-0.2, -0.15) is 224 Å². The van der Waals surface area contributed by atoms with Crippen LogP contribution >= 0.6 is 0 Å². The maximum absolute atomic E-state index is 14.9. The molecule has 4 aromatic rings. The lowest BCUT2D eigenvalue weighted by molar-refractivity contribution is -0.461. The van der Waals surface area contributed by atoms with Gasteiger partial charge >= 0.3 is 149 Å². The first-order valence-electron chi connectivity index (χ1n) is 32.9. The van der Waals surface area contributed by atoms with Gasteiger partial charge in [0.05, 0.1) is 65.0 Å². The highest BCUT2D eigenvalue weighted by atomic mass is 19.5. The van der Waals surface area contributed by atoms with Crippen LogP contribution in [0.4, 0.5) is 224 Å². The Labute approximate surface area is 650 Å². The van der Waals surface area contributed by atoms with Crippen molar-refractivity contribution in [1.29, 1.82) is 0 Å². The maximum atomic E-state index is 14.9. The molecule has 0 aliphatic heterocycles. The first-order chi connectivity index (χ1) is 54.9. The van der Waals surface area contributed by atoms with Gasteiger partial charge in [-0.15, -0.1) is 0 Å². The van der Waals surface area contributed by atoms with E-state index in [4.69, 9.17) is 33.2 Å². The van der Waals surface area contributed by atoms with Crippen LogP contribution < -0.4 is 14.2 Å². The molecule has 3 aromatic carbocycles. The number of benzene rings is 3. The van der Waals surface area contributed by atoms with E-state index in [2.05, 4.69) is 0 Å². The predicted octanol–water partition coefficient (Wildman–Crippen LogP) is 24.4. The second kappa shape index (κ2) is 35.7. The Kier molecular flexibility index (Phi) is 31.3. The fraction of sp³-hybridized carbons (Fsp3) is 0.698. The van der Waals surface area contributed by atoms with Crippen LogP contribution in [0.1, 0.15) is 68.1 Å². The van der Waals surface area contributed by atoms with Gasteiger partial charge < -0.3 is 37.7 Å². The Morgan fingerprint density at radius 1 is 0.252 bits per heavy atom. The van der Waals surface area contributed by atoms with Crippen molar-refractivity contribution >= 4 is 27.8 Å². The highest BCUT2D eigenvalue weighted by molar-refractivity contribution is 6.08. The zero-order valence-electron chi connectivity index (χ0n) is 59.4. The van der Waals surface area contributed by atoms with Crippen LogP contribution in [-0.2, 0) is 25.5 Å². The number of hydrogen-bond donors (Lipinski definition) is 0. The molecule has 1 aromatic heterocycles. The Balaban J connectivity index is 1.73. The molecule has 1 heterocycles. The van der Waals surface area contributed by atoms with Crippen LogP contribution in [-0.4, -0.2) is 220 Å². The zero-order chi connectivity index (χ0) is 95.9. The fourth-order valence-electron chi connectivity index (χ4n) is 10.2. The van der Waals surface area contributed by atoms with Gasteiger partial charge in [-0.25, -0.2) is 4.79 Å². The van der Waals surface area contributed by atoms with Crippen molar-refractivity contribution in [3.63, 3.8) is 0 Å². The molecular weight excluding hydrogens is 1870 g/mol. The van der Waals surface area contributed by atoms with Crippen LogP contribution in [0.5, 0.6) is 17.2 Å². The van der Waals surface area contributed by atoms with E-state index in [1.165, 1.54) is 0 Å². The number of carbonyl (C=O) groups excluding carboxylic acids is 1. The number of carbonyl (C=O) groups is 1. The monoisotopic (exact) mass is 1920 g/mol. The molecule has 123 heavy (non-hydrogen) atoms. The van der Waals surface area contributed by atoms with Crippen molar-refractivity contribution in [3.05, 3.63) is 66.2 Å². The lowest BCUT2D eigenvalue weighted by atomic mass is 9.88. The molecular formula is C63H50F51NO8. The fourth-order valence-corrected chi connectivity index (χ4v) is 10.2. The number of nitrogens with zero attached hydrogens (tertiary/aromatic N) is 1. The first-order valence-corrected chi connectivity index (χ1v) is 32.9. The van der Waals surface area contributed by atoms with Crippen molar-refractivity contribution in [2.45, 2.75) is 207 Å². The first kappa shape index (κ1) is 108. The van der Waals surface area contributed by atoms with Gasteiger partial charge in [0.1, 0.15) is 6.61 Å². The van der Waals surface area contributed by atoms with Crippen molar-refractivity contribution in [2.24, 2.45) is 0 Å². The second-order valence-electron chi connectivity index (χ2n) is 25.8. The van der Waals surface area contributed by atoms with Crippen molar-refractivity contribution in [2.75, 3.05) is 66.1 Å². The SMILES string of the molecule is O=C(OCCOCCOCCOCCn1c2ccccc2c2ccccc21)c1cc(OCCCCC(F)(F)C(F)(F)C(F)(F)C(F)(F)C(F)(F)C(F)(F)C(F)(F)C(F)(F)F)c(OCCCCC(F)(F)C(F)(F)C(F)(F)C(F)(F)C(F)(F)C(F)(F)C(F)(F)C(F)(F)F)c(OCCCCC(F)(F)C(F)(F)C(F)(F)C(F)(F)C(F)(F)C(F)(F)C(F)(F)C(F)(F)F)c1. The van der Waals surface area contributed by atoms with Gasteiger partial charge in [0, 0.05) is 47.6 Å². The molecule has 9 nitrogen and oxygen atoms in total. The number of rotatable bonds is 49. The van der Waals surface area contributed by atoms with E-state index in [9.17, 15) is 229 Å². The third-order valence-electron chi connectivity index (χ3n) is 17.4. The summed E-state index contributed by atoms with van der Waals surface area (Å²) < 4.78 is 749. The number of para-hydroxylation sites is 2. The minimum atomic E-state index is -9.16. The molecule has 0 radical (unpaired) electrons. The van der Waals surface area contributed by atoms with E-state index >= 15 is 0 Å². The molecule has 0 aliphatic carbocycles. The largest absolute Gasteiger partial charge is 0.490 e. The number of unbranched alkanes of at least 4 members (excludes halogenated alkanes) is 3. The Morgan fingerprint density at radius 2 is 0.480 bits per heavy atom. The summed E-state index contributed by atoms with van der Waals surface area (Å²) in [5.74, 6) is -188. The number of esters is 1. The zero-order valence-corrected chi connectivity index (χ0v) is 59.4. The van der Waals surface area contributed by atoms with Crippen LogP contribution in [0.2, 0.25) is 0 Å². The van der Waals surface area contributed by atoms with Gasteiger partial charge in [-0.1, -0.05) is 36.4 Å². The topological polar surface area (TPSA) is 86.6 Å². The normalized spacial score (nSPS) is 15.2. The van der Waals surface area contributed by atoms with E-state index in [-0.39, 0.29) is 38.6 Å². The van der Waals surface area contributed by atoms with Crippen molar-refractivity contribution in [3.8, 4) is 17.2 Å². The smallest absolute Gasteiger partial charge is 0.460 e. The third kappa shape index (κ3) is 18.9. The Hall–Kier alpha value is -7.36. The average Bonchev–Trinajstić information content (AvgIpc) is 1.21. The van der Waals surface area contributed by atoms with Crippen molar-refractivity contribution in [1.82, 2.24) is 4.57 Å². The number of halogens is 51. The molecule has 0 saturated carbocycles. The minimum absolute atomic E-state index is 0.0248. The third-order valence-corrected chi connectivity index (χ3v) is 17.4. The Morgan fingerprint density at radius 3 is 0.748 bits per heavy atom. The van der Waals surface area contributed by atoms with E-state index in [0.717, 1.165) is 21.8 Å². The maximum Gasteiger partial charge on any atom is 0.460 e. The highest BCUT2D eigenvalue weighted by Crippen LogP contribution is 2.69. The van der Waals surface area contributed by atoms with Gasteiger partial charge in [0.2, 0.25) is 5.75 Å². The van der Waals surface area contributed by atoms with Gasteiger partial charge in [-0.3, -0.25) is 0 Å². The second-order valence-corrected chi connectivity index (χ2v) is 25.8. The summed E-state index contributed by atoms with van der Waals surface area (Å²) in [5, 5.41) is 1.82. The summed E-state index contributed by atoms with van der Waals surface area (Å²) in [6.07, 6.45) is -46.4. The average molecular weight is 1920 g/mol.